The molecule has 4 heterocycles. The first-order chi connectivity index (χ1) is 16.4. The lowest BCUT2D eigenvalue weighted by atomic mass is 10.1. The molecular formula is C24H26FN5O3S. The average Bonchev–Trinajstić information content (AvgIpc) is 3.36. The van der Waals surface area contributed by atoms with Gasteiger partial charge in [0.05, 0.1) is 41.3 Å². The second-order valence-electron chi connectivity index (χ2n) is 8.81. The van der Waals surface area contributed by atoms with E-state index in [-0.39, 0.29) is 6.10 Å². The van der Waals surface area contributed by atoms with E-state index in [0.29, 0.717) is 32.6 Å². The minimum atomic E-state index is -0.582. The van der Waals surface area contributed by atoms with Crippen LogP contribution in [-0.2, 0) is 11.3 Å². The SMILES string of the molecule is Cc1ncsc1-c1ccc(CN2CC(O)CC2C(N)=O)c(OC2CN(c3ccnc(F)c3)C2)c1. The van der Waals surface area contributed by atoms with Gasteiger partial charge in [-0.25, -0.2) is 9.97 Å². The molecular weight excluding hydrogens is 457 g/mol. The summed E-state index contributed by atoms with van der Waals surface area (Å²) in [6.07, 6.45) is 1.15. The van der Waals surface area contributed by atoms with Gasteiger partial charge in [-0.05, 0) is 31.0 Å². The highest BCUT2D eigenvalue weighted by atomic mass is 32.1. The molecule has 2 fully saturated rings. The number of anilines is 1. The Morgan fingerprint density at radius 2 is 2.09 bits per heavy atom. The van der Waals surface area contributed by atoms with Crippen molar-refractivity contribution in [3.63, 3.8) is 0 Å². The summed E-state index contributed by atoms with van der Waals surface area (Å²) in [5.41, 5.74) is 11.1. The highest BCUT2D eigenvalue weighted by Gasteiger charge is 2.35. The van der Waals surface area contributed by atoms with Crippen LogP contribution in [0.15, 0.2) is 42.0 Å². The number of carbonyl (C=O) groups excluding carboxylic acids is 1. The number of hydrogen-bond acceptors (Lipinski definition) is 8. The maximum atomic E-state index is 13.5. The van der Waals surface area contributed by atoms with Gasteiger partial charge >= 0.3 is 0 Å². The number of aryl methyl sites for hydroxylation is 1. The number of halogens is 1. The molecule has 0 saturated carbocycles. The second-order valence-corrected chi connectivity index (χ2v) is 9.66. The van der Waals surface area contributed by atoms with Crippen LogP contribution in [0.3, 0.4) is 0 Å². The van der Waals surface area contributed by atoms with E-state index in [1.165, 1.54) is 12.3 Å². The topological polar surface area (TPSA) is 105 Å². The number of pyridine rings is 1. The van der Waals surface area contributed by atoms with Gasteiger partial charge in [0.2, 0.25) is 11.9 Å². The fourth-order valence-electron chi connectivity index (χ4n) is 4.58. The Bertz CT molecular complexity index is 1200. The van der Waals surface area contributed by atoms with Crippen LogP contribution in [0.25, 0.3) is 10.4 Å². The number of rotatable bonds is 7. The van der Waals surface area contributed by atoms with Crippen molar-refractivity contribution < 1.29 is 19.0 Å². The Labute approximate surface area is 200 Å². The zero-order valence-corrected chi connectivity index (χ0v) is 19.5. The summed E-state index contributed by atoms with van der Waals surface area (Å²) in [4.78, 5) is 24.9. The quantitative estimate of drug-likeness (QED) is 0.497. The molecule has 2 aliphatic rings. The second kappa shape index (κ2) is 9.28. The average molecular weight is 484 g/mol. The summed E-state index contributed by atoms with van der Waals surface area (Å²) >= 11 is 1.57. The van der Waals surface area contributed by atoms with Gasteiger partial charge in [0.25, 0.3) is 0 Å². The highest BCUT2D eigenvalue weighted by molar-refractivity contribution is 7.13. The number of likely N-dealkylation sites (tertiary alicyclic amines) is 1. The zero-order chi connectivity index (χ0) is 23.8. The number of aromatic nitrogens is 2. The van der Waals surface area contributed by atoms with Crippen LogP contribution in [0.1, 0.15) is 17.7 Å². The lowest BCUT2D eigenvalue weighted by Gasteiger charge is -2.41. The number of primary amides is 1. The van der Waals surface area contributed by atoms with Gasteiger partial charge in [-0.1, -0.05) is 12.1 Å². The third-order valence-electron chi connectivity index (χ3n) is 6.38. The number of aliphatic hydroxyl groups excluding tert-OH is 1. The lowest BCUT2D eigenvalue weighted by Crippen LogP contribution is -2.54. The fraction of sp³-hybridized carbons (Fsp3) is 0.375. The molecule has 2 saturated heterocycles. The van der Waals surface area contributed by atoms with Gasteiger partial charge in [-0.3, -0.25) is 9.69 Å². The summed E-state index contributed by atoms with van der Waals surface area (Å²) < 4.78 is 19.9. The van der Waals surface area contributed by atoms with Crippen molar-refractivity contribution in [3.8, 4) is 16.2 Å². The van der Waals surface area contributed by atoms with Gasteiger partial charge in [0.15, 0.2) is 0 Å². The minimum Gasteiger partial charge on any atom is -0.486 e. The van der Waals surface area contributed by atoms with Crippen molar-refractivity contribution in [2.45, 2.75) is 38.1 Å². The molecule has 2 unspecified atom stereocenters. The normalized spacial score (nSPS) is 21.0. The number of nitrogens with two attached hydrogens (primary N) is 1. The minimum absolute atomic E-state index is 0.0658. The van der Waals surface area contributed by atoms with Crippen LogP contribution in [0.4, 0.5) is 10.1 Å². The summed E-state index contributed by atoms with van der Waals surface area (Å²) in [6.45, 7) is 4.04. The molecule has 2 atom stereocenters. The van der Waals surface area contributed by atoms with Crippen molar-refractivity contribution in [1.29, 1.82) is 0 Å². The van der Waals surface area contributed by atoms with Gasteiger partial charge < -0.3 is 20.5 Å². The Morgan fingerprint density at radius 1 is 1.26 bits per heavy atom. The first-order valence-electron chi connectivity index (χ1n) is 11.2. The molecule has 8 nitrogen and oxygen atoms in total. The van der Waals surface area contributed by atoms with E-state index >= 15 is 0 Å². The third-order valence-corrected chi connectivity index (χ3v) is 7.35. The number of amides is 1. The Kier molecular flexibility index (Phi) is 6.20. The Hall–Kier alpha value is -3.08. The standard InChI is InChI=1S/C24H26FN5O3S/c1-14-23(34-13-28-14)15-2-3-16(9-30-10-18(31)8-20(30)24(26)32)21(6-15)33-19-11-29(12-19)17-4-5-27-22(25)7-17/h2-7,13,18-20,31H,8-12H2,1H3,(H2,26,32). The number of thiazole rings is 1. The largest absolute Gasteiger partial charge is 0.486 e. The lowest BCUT2D eigenvalue weighted by molar-refractivity contribution is -0.122. The van der Waals surface area contributed by atoms with Gasteiger partial charge in [-0.2, -0.15) is 4.39 Å². The van der Waals surface area contributed by atoms with Gasteiger partial charge in [0.1, 0.15) is 11.9 Å². The smallest absolute Gasteiger partial charge is 0.234 e. The number of β-amino-alcohol motifs (C(OH)–C–C–N with tert-alkyl or cyclic N) is 1. The fourth-order valence-corrected chi connectivity index (χ4v) is 5.38. The molecule has 34 heavy (non-hydrogen) atoms. The molecule has 0 spiro atoms. The number of hydrogen-bond donors (Lipinski definition) is 2. The monoisotopic (exact) mass is 483 g/mol. The van der Waals surface area contributed by atoms with Crippen molar-refractivity contribution >= 4 is 22.9 Å². The molecule has 5 rings (SSSR count). The van der Waals surface area contributed by atoms with Crippen molar-refractivity contribution in [1.82, 2.24) is 14.9 Å². The number of ether oxygens (including phenoxy) is 1. The summed E-state index contributed by atoms with van der Waals surface area (Å²) in [5.74, 6) is -0.218. The summed E-state index contributed by atoms with van der Waals surface area (Å²) in [6, 6.07) is 8.73. The highest BCUT2D eigenvalue weighted by Crippen LogP contribution is 2.35. The van der Waals surface area contributed by atoms with E-state index in [1.807, 2.05) is 40.4 Å². The Balaban J connectivity index is 1.37. The molecule has 1 aromatic carbocycles. The molecule has 1 amide bonds. The van der Waals surface area contributed by atoms with Crippen LogP contribution in [0.5, 0.6) is 5.75 Å². The molecule has 0 aliphatic carbocycles. The van der Waals surface area contributed by atoms with Crippen LogP contribution in [-0.4, -0.2) is 63.8 Å². The van der Waals surface area contributed by atoms with Crippen LogP contribution < -0.4 is 15.4 Å². The molecule has 3 N–H and O–H groups in total. The number of benzene rings is 1. The molecule has 2 aliphatic heterocycles. The first kappa shape index (κ1) is 22.7. The molecule has 178 valence electrons. The van der Waals surface area contributed by atoms with Gasteiger partial charge in [0, 0.05) is 36.6 Å². The Morgan fingerprint density at radius 3 is 2.79 bits per heavy atom. The molecule has 3 aromatic rings. The summed E-state index contributed by atoms with van der Waals surface area (Å²) in [5, 5.41) is 10.1. The summed E-state index contributed by atoms with van der Waals surface area (Å²) in [7, 11) is 0. The number of nitrogens with zero attached hydrogens (tertiary/aromatic N) is 4. The maximum absolute atomic E-state index is 13.5. The van der Waals surface area contributed by atoms with Crippen LogP contribution >= 0.6 is 11.3 Å². The van der Waals surface area contributed by atoms with Crippen LogP contribution in [0, 0.1) is 12.9 Å². The maximum Gasteiger partial charge on any atom is 0.234 e. The van der Waals surface area contributed by atoms with Crippen LogP contribution in [0.2, 0.25) is 0 Å². The molecule has 10 heteroatoms. The predicted octanol–water partition coefficient (Wildman–Crippen LogP) is 2.34. The van der Waals surface area contributed by atoms with Crippen molar-refractivity contribution in [2.24, 2.45) is 5.73 Å². The van der Waals surface area contributed by atoms with E-state index in [2.05, 4.69) is 9.97 Å². The zero-order valence-electron chi connectivity index (χ0n) is 18.7. The number of carbonyl (C=O) groups is 1. The predicted molar refractivity (Wildman–Crippen MR) is 127 cm³/mol. The number of aliphatic hydroxyl groups is 1. The molecule has 2 aromatic heterocycles. The van der Waals surface area contributed by atoms with Gasteiger partial charge in [-0.15, -0.1) is 11.3 Å². The third kappa shape index (κ3) is 4.61. The van der Waals surface area contributed by atoms with E-state index in [0.717, 1.165) is 33.1 Å². The van der Waals surface area contributed by atoms with E-state index < -0.39 is 24.0 Å². The van der Waals surface area contributed by atoms with Crippen molar-refractivity contribution in [3.05, 3.63) is 59.2 Å². The van der Waals surface area contributed by atoms with E-state index in [4.69, 9.17) is 10.5 Å². The first-order valence-corrected chi connectivity index (χ1v) is 12.0. The van der Waals surface area contributed by atoms with E-state index in [9.17, 15) is 14.3 Å². The van der Waals surface area contributed by atoms with Crippen molar-refractivity contribution in [2.75, 3.05) is 24.5 Å². The molecule has 0 bridgehead atoms. The molecule has 0 radical (unpaired) electrons. The van der Waals surface area contributed by atoms with E-state index in [1.54, 1.807) is 17.4 Å².